The number of hydrogen-bond acceptors (Lipinski definition) is 2. The number of ether oxygens (including phenoxy) is 2. The third-order valence-electron chi connectivity index (χ3n) is 3.74. The molecule has 0 spiro atoms. The van der Waals surface area contributed by atoms with Gasteiger partial charge >= 0.3 is 0 Å². The summed E-state index contributed by atoms with van der Waals surface area (Å²) in [6.07, 6.45) is 7.77. The zero-order chi connectivity index (χ0) is 11.9. The van der Waals surface area contributed by atoms with E-state index in [4.69, 9.17) is 9.47 Å². The molecule has 2 nitrogen and oxygen atoms in total. The molecule has 1 aromatic carbocycles. The standard InChI is InChI=1S/C15H16O2/c1-16-14-5-3-11(4-6-14)12-7-8-15(17-2)10-13(15)9-12/h3-9,13H,10H2,1-2H3. The van der Waals surface area contributed by atoms with E-state index in [-0.39, 0.29) is 5.60 Å². The predicted octanol–water partition coefficient (Wildman–Crippen LogP) is 3.05. The third kappa shape index (κ3) is 1.69. The molecule has 0 bridgehead atoms. The highest BCUT2D eigenvalue weighted by Crippen LogP contribution is 2.52. The Morgan fingerprint density at radius 2 is 1.94 bits per heavy atom. The van der Waals surface area contributed by atoms with Gasteiger partial charge in [-0.1, -0.05) is 30.4 Å². The monoisotopic (exact) mass is 228 g/mol. The molecule has 1 saturated carbocycles. The number of fused-ring (bicyclic) bond motifs is 1. The SMILES string of the molecule is COc1ccc(C2=CC3CC3(OC)C=C2)cc1. The minimum atomic E-state index is 0.00989. The number of benzene rings is 1. The van der Waals surface area contributed by atoms with Crippen molar-refractivity contribution in [2.45, 2.75) is 12.0 Å². The van der Waals surface area contributed by atoms with Gasteiger partial charge in [0.05, 0.1) is 12.7 Å². The van der Waals surface area contributed by atoms with Crippen LogP contribution in [0.2, 0.25) is 0 Å². The minimum Gasteiger partial charge on any atom is -0.497 e. The molecular weight excluding hydrogens is 212 g/mol. The lowest BCUT2D eigenvalue weighted by molar-refractivity contribution is 0.112. The first kappa shape index (κ1) is 10.6. The van der Waals surface area contributed by atoms with Gasteiger partial charge in [0.15, 0.2) is 0 Å². The highest BCUT2D eigenvalue weighted by molar-refractivity contribution is 5.77. The molecule has 2 aliphatic carbocycles. The smallest absolute Gasteiger partial charge is 0.118 e. The summed E-state index contributed by atoms with van der Waals surface area (Å²) in [6.45, 7) is 0. The molecule has 0 aliphatic heterocycles. The van der Waals surface area contributed by atoms with E-state index in [0.717, 1.165) is 12.2 Å². The maximum Gasteiger partial charge on any atom is 0.118 e. The number of rotatable bonds is 3. The summed E-state index contributed by atoms with van der Waals surface area (Å²) in [6, 6.07) is 8.18. The van der Waals surface area contributed by atoms with Crippen molar-refractivity contribution in [1.82, 2.24) is 0 Å². The summed E-state index contributed by atoms with van der Waals surface area (Å²) in [5, 5.41) is 0. The second-order valence-corrected chi connectivity index (χ2v) is 4.65. The van der Waals surface area contributed by atoms with Gasteiger partial charge in [0.25, 0.3) is 0 Å². The molecule has 3 rings (SSSR count). The van der Waals surface area contributed by atoms with Gasteiger partial charge in [-0.3, -0.25) is 0 Å². The van der Waals surface area contributed by atoms with Crippen LogP contribution in [-0.2, 0) is 4.74 Å². The quantitative estimate of drug-likeness (QED) is 0.791. The molecule has 88 valence electrons. The van der Waals surface area contributed by atoms with Crippen LogP contribution in [0.3, 0.4) is 0 Å². The van der Waals surface area contributed by atoms with Crippen LogP contribution in [0.1, 0.15) is 12.0 Å². The highest BCUT2D eigenvalue weighted by atomic mass is 16.5. The van der Waals surface area contributed by atoms with Crippen LogP contribution in [0.4, 0.5) is 0 Å². The predicted molar refractivity (Wildman–Crippen MR) is 68.0 cm³/mol. The Balaban J connectivity index is 1.84. The Hall–Kier alpha value is -1.54. The van der Waals surface area contributed by atoms with E-state index in [0.29, 0.717) is 5.92 Å². The summed E-state index contributed by atoms with van der Waals surface area (Å²) < 4.78 is 10.7. The van der Waals surface area contributed by atoms with Crippen molar-refractivity contribution in [3.05, 3.63) is 48.1 Å². The lowest BCUT2D eigenvalue weighted by Crippen LogP contribution is -2.12. The van der Waals surface area contributed by atoms with Crippen molar-refractivity contribution in [3.8, 4) is 5.75 Å². The van der Waals surface area contributed by atoms with E-state index >= 15 is 0 Å². The molecule has 2 heteroatoms. The van der Waals surface area contributed by atoms with E-state index in [9.17, 15) is 0 Å². The van der Waals surface area contributed by atoms with E-state index in [1.807, 2.05) is 12.1 Å². The van der Waals surface area contributed by atoms with E-state index in [1.54, 1.807) is 14.2 Å². The summed E-state index contributed by atoms with van der Waals surface area (Å²) in [5.74, 6) is 1.45. The molecule has 1 fully saturated rings. The largest absolute Gasteiger partial charge is 0.497 e. The fourth-order valence-electron chi connectivity index (χ4n) is 2.46. The molecule has 2 atom stereocenters. The first-order valence-electron chi connectivity index (χ1n) is 5.88. The zero-order valence-electron chi connectivity index (χ0n) is 10.1. The van der Waals surface area contributed by atoms with Gasteiger partial charge in [-0.2, -0.15) is 0 Å². The van der Waals surface area contributed by atoms with E-state index in [2.05, 4.69) is 30.4 Å². The van der Waals surface area contributed by atoms with Gasteiger partial charge in [0, 0.05) is 13.0 Å². The molecule has 0 N–H and O–H groups in total. The van der Waals surface area contributed by atoms with Gasteiger partial charge in [0.1, 0.15) is 5.75 Å². The minimum absolute atomic E-state index is 0.00989. The first-order valence-corrected chi connectivity index (χ1v) is 5.88. The highest BCUT2D eigenvalue weighted by Gasteiger charge is 2.52. The molecule has 0 saturated heterocycles. The van der Waals surface area contributed by atoms with E-state index < -0.39 is 0 Å². The first-order chi connectivity index (χ1) is 8.27. The zero-order valence-corrected chi connectivity index (χ0v) is 10.1. The molecule has 17 heavy (non-hydrogen) atoms. The molecule has 2 unspecified atom stereocenters. The van der Waals surface area contributed by atoms with Gasteiger partial charge in [0.2, 0.25) is 0 Å². The Kier molecular flexibility index (Phi) is 2.33. The summed E-state index contributed by atoms with van der Waals surface area (Å²) in [7, 11) is 3.47. The number of methoxy groups -OCH3 is 2. The average molecular weight is 228 g/mol. The van der Waals surface area contributed by atoms with Gasteiger partial charge in [-0.05, 0) is 29.7 Å². The van der Waals surface area contributed by atoms with Crippen LogP contribution in [0.5, 0.6) is 5.75 Å². The lowest BCUT2D eigenvalue weighted by Gasteiger charge is -2.15. The Labute approximate surface area is 102 Å². The van der Waals surface area contributed by atoms with Crippen molar-refractivity contribution >= 4 is 5.57 Å². The Morgan fingerprint density at radius 3 is 2.53 bits per heavy atom. The molecule has 2 aliphatic rings. The number of allylic oxidation sites excluding steroid dienone is 2. The maximum absolute atomic E-state index is 5.52. The average Bonchev–Trinajstić information content (AvgIpc) is 3.13. The van der Waals surface area contributed by atoms with Gasteiger partial charge in [-0.15, -0.1) is 0 Å². The summed E-state index contributed by atoms with van der Waals surface area (Å²) in [4.78, 5) is 0. The second kappa shape index (κ2) is 3.74. The van der Waals surface area contributed by atoms with Gasteiger partial charge < -0.3 is 9.47 Å². The number of hydrogen-bond donors (Lipinski definition) is 0. The van der Waals surface area contributed by atoms with Gasteiger partial charge in [-0.25, -0.2) is 0 Å². The van der Waals surface area contributed by atoms with Crippen LogP contribution in [0.15, 0.2) is 42.5 Å². The van der Waals surface area contributed by atoms with Crippen LogP contribution in [0.25, 0.3) is 5.57 Å². The van der Waals surface area contributed by atoms with Crippen molar-refractivity contribution < 1.29 is 9.47 Å². The fourth-order valence-corrected chi connectivity index (χ4v) is 2.46. The maximum atomic E-state index is 5.52. The second-order valence-electron chi connectivity index (χ2n) is 4.65. The van der Waals surface area contributed by atoms with Crippen LogP contribution in [-0.4, -0.2) is 19.8 Å². The fraction of sp³-hybridized carbons (Fsp3) is 0.333. The molecule has 0 amide bonds. The van der Waals surface area contributed by atoms with Crippen molar-refractivity contribution in [1.29, 1.82) is 0 Å². The molecule has 1 aromatic rings. The molecule has 0 heterocycles. The van der Waals surface area contributed by atoms with Crippen molar-refractivity contribution in [2.24, 2.45) is 5.92 Å². The topological polar surface area (TPSA) is 18.5 Å². The van der Waals surface area contributed by atoms with Crippen molar-refractivity contribution in [3.63, 3.8) is 0 Å². The molecule has 0 aromatic heterocycles. The summed E-state index contributed by atoms with van der Waals surface area (Å²) >= 11 is 0. The van der Waals surface area contributed by atoms with Crippen LogP contribution < -0.4 is 4.74 Å². The normalized spacial score (nSPS) is 29.5. The lowest BCUT2D eigenvalue weighted by atomic mass is 9.98. The third-order valence-corrected chi connectivity index (χ3v) is 3.74. The van der Waals surface area contributed by atoms with Crippen LogP contribution >= 0.6 is 0 Å². The summed E-state index contributed by atoms with van der Waals surface area (Å²) in [5.41, 5.74) is 2.53. The Bertz CT molecular complexity index is 484. The molecular formula is C15H16O2. The molecule has 0 radical (unpaired) electrons. The Morgan fingerprint density at radius 1 is 1.18 bits per heavy atom. The van der Waals surface area contributed by atoms with Crippen LogP contribution in [0, 0.1) is 5.92 Å². The van der Waals surface area contributed by atoms with Crippen molar-refractivity contribution in [2.75, 3.05) is 14.2 Å². The van der Waals surface area contributed by atoms with E-state index in [1.165, 1.54) is 11.1 Å².